The summed E-state index contributed by atoms with van der Waals surface area (Å²) in [4.78, 5) is 4.53. The van der Waals surface area contributed by atoms with Crippen molar-refractivity contribution in [2.75, 3.05) is 0 Å². The van der Waals surface area contributed by atoms with Crippen LogP contribution < -0.4 is 4.74 Å². The predicted molar refractivity (Wildman–Crippen MR) is 85.8 cm³/mol. The zero-order valence-corrected chi connectivity index (χ0v) is 11.4. The molecule has 1 heterocycles. The molecule has 0 saturated carbocycles. The first kappa shape index (κ1) is 11.9. The van der Waals surface area contributed by atoms with Crippen LogP contribution in [0.5, 0.6) is 11.6 Å². The second-order valence-electron chi connectivity index (χ2n) is 4.95. The third-order valence-electron chi connectivity index (χ3n) is 3.52. The van der Waals surface area contributed by atoms with E-state index in [0.717, 1.165) is 22.0 Å². The molecule has 0 radical (unpaired) electrons. The zero-order chi connectivity index (χ0) is 14.1. The van der Waals surface area contributed by atoms with Crippen LogP contribution in [0.1, 0.15) is 0 Å². The quantitative estimate of drug-likeness (QED) is 0.501. The van der Waals surface area contributed by atoms with E-state index in [1.165, 1.54) is 5.39 Å². The van der Waals surface area contributed by atoms with Gasteiger partial charge in [0.25, 0.3) is 0 Å². The van der Waals surface area contributed by atoms with E-state index in [4.69, 9.17) is 4.74 Å². The summed E-state index contributed by atoms with van der Waals surface area (Å²) in [5.41, 5.74) is 0.941. The Morgan fingerprint density at radius 3 is 2.24 bits per heavy atom. The Morgan fingerprint density at radius 2 is 1.33 bits per heavy atom. The third kappa shape index (κ3) is 2.32. The first-order chi connectivity index (χ1) is 10.4. The molecule has 0 N–H and O–H groups in total. The van der Waals surface area contributed by atoms with Crippen LogP contribution in [0.2, 0.25) is 0 Å². The average molecular weight is 271 g/mol. The van der Waals surface area contributed by atoms with Gasteiger partial charge in [0.05, 0.1) is 5.52 Å². The van der Waals surface area contributed by atoms with Gasteiger partial charge >= 0.3 is 0 Å². The van der Waals surface area contributed by atoms with Crippen molar-refractivity contribution in [1.29, 1.82) is 0 Å². The minimum atomic E-state index is 0.615. The first-order valence-corrected chi connectivity index (χ1v) is 6.91. The summed E-state index contributed by atoms with van der Waals surface area (Å²) in [7, 11) is 0. The maximum Gasteiger partial charge on any atom is 0.219 e. The highest BCUT2D eigenvalue weighted by molar-refractivity contribution is 5.84. The molecule has 0 atom stereocenters. The van der Waals surface area contributed by atoms with E-state index < -0.39 is 0 Å². The lowest BCUT2D eigenvalue weighted by atomic mass is 10.1. The van der Waals surface area contributed by atoms with Crippen LogP contribution in [0.3, 0.4) is 0 Å². The fourth-order valence-corrected chi connectivity index (χ4v) is 2.46. The molecule has 2 nitrogen and oxygen atoms in total. The molecule has 0 saturated heterocycles. The Balaban J connectivity index is 1.71. The summed E-state index contributed by atoms with van der Waals surface area (Å²) in [5.74, 6) is 1.42. The molecule has 2 heteroatoms. The topological polar surface area (TPSA) is 22.1 Å². The predicted octanol–water partition coefficient (Wildman–Crippen LogP) is 5.18. The summed E-state index contributed by atoms with van der Waals surface area (Å²) >= 11 is 0. The van der Waals surface area contributed by atoms with Crippen LogP contribution >= 0.6 is 0 Å². The van der Waals surface area contributed by atoms with Crippen molar-refractivity contribution in [3.63, 3.8) is 0 Å². The Kier molecular flexibility index (Phi) is 2.79. The van der Waals surface area contributed by atoms with Crippen LogP contribution in [0.15, 0.2) is 78.9 Å². The number of nitrogens with zero attached hydrogens (tertiary/aromatic N) is 1. The number of hydrogen-bond donors (Lipinski definition) is 0. The van der Waals surface area contributed by atoms with E-state index in [9.17, 15) is 0 Å². The second-order valence-corrected chi connectivity index (χ2v) is 4.95. The Morgan fingerprint density at radius 1 is 0.619 bits per heavy atom. The maximum absolute atomic E-state index is 5.88. The molecule has 0 aliphatic heterocycles. The van der Waals surface area contributed by atoms with E-state index in [-0.39, 0.29) is 0 Å². The zero-order valence-electron chi connectivity index (χ0n) is 11.4. The highest BCUT2D eigenvalue weighted by atomic mass is 16.5. The van der Waals surface area contributed by atoms with Crippen LogP contribution in [0, 0.1) is 0 Å². The number of ether oxygens (including phenoxy) is 1. The van der Waals surface area contributed by atoms with Crippen molar-refractivity contribution in [3.05, 3.63) is 78.9 Å². The fourth-order valence-electron chi connectivity index (χ4n) is 2.46. The van der Waals surface area contributed by atoms with Crippen molar-refractivity contribution >= 4 is 21.7 Å². The summed E-state index contributed by atoms with van der Waals surface area (Å²) in [6, 6.07) is 26.2. The Hall–Kier alpha value is -2.87. The molecule has 1 aromatic heterocycles. The molecule has 0 bridgehead atoms. The van der Waals surface area contributed by atoms with E-state index in [1.807, 2.05) is 60.7 Å². The van der Waals surface area contributed by atoms with Crippen molar-refractivity contribution in [2.24, 2.45) is 0 Å². The van der Waals surface area contributed by atoms with Gasteiger partial charge in [-0.2, -0.15) is 0 Å². The number of rotatable bonds is 2. The van der Waals surface area contributed by atoms with E-state index in [2.05, 4.69) is 23.2 Å². The van der Waals surface area contributed by atoms with Crippen molar-refractivity contribution in [3.8, 4) is 11.6 Å². The van der Waals surface area contributed by atoms with Gasteiger partial charge in [-0.15, -0.1) is 0 Å². The van der Waals surface area contributed by atoms with Crippen molar-refractivity contribution in [1.82, 2.24) is 4.98 Å². The normalized spacial score (nSPS) is 10.9. The van der Waals surface area contributed by atoms with Gasteiger partial charge in [-0.3, -0.25) is 0 Å². The first-order valence-electron chi connectivity index (χ1n) is 6.91. The molecule has 0 aliphatic rings. The van der Waals surface area contributed by atoms with Gasteiger partial charge in [0.1, 0.15) is 5.75 Å². The number of hydrogen-bond acceptors (Lipinski definition) is 2. The summed E-state index contributed by atoms with van der Waals surface area (Å²) in [6.07, 6.45) is 0. The lowest BCUT2D eigenvalue weighted by Crippen LogP contribution is -1.88. The molecule has 21 heavy (non-hydrogen) atoms. The molecule has 0 amide bonds. The molecule has 0 unspecified atom stereocenters. The molecular weight excluding hydrogens is 258 g/mol. The molecule has 100 valence electrons. The number of fused-ring (bicyclic) bond motifs is 2. The monoisotopic (exact) mass is 271 g/mol. The number of benzene rings is 3. The van der Waals surface area contributed by atoms with Gasteiger partial charge in [-0.25, -0.2) is 4.98 Å². The Bertz CT molecular complexity index is 853. The van der Waals surface area contributed by atoms with Gasteiger partial charge in [0.2, 0.25) is 5.88 Å². The van der Waals surface area contributed by atoms with Gasteiger partial charge in [-0.1, -0.05) is 48.5 Å². The van der Waals surface area contributed by atoms with Crippen molar-refractivity contribution in [2.45, 2.75) is 0 Å². The van der Waals surface area contributed by atoms with Gasteiger partial charge in [-0.05, 0) is 35.0 Å². The molecule has 0 aliphatic carbocycles. The molecule has 3 aromatic carbocycles. The van der Waals surface area contributed by atoms with Crippen LogP contribution in [0.25, 0.3) is 21.7 Å². The van der Waals surface area contributed by atoms with Gasteiger partial charge in [0, 0.05) is 11.5 Å². The van der Waals surface area contributed by atoms with Gasteiger partial charge < -0.3 is 4.74 Å². The number of aromatic nitrogens is 1. The van der Waals surface area contributed by atoms with E-state index in [1.54, 1.807) is 0 Å². The van der Waals surface area contributed by atoms with Gasteiger partial charge in [0.15, 0.2) is 0 Å². The van der Waals surface area contributed by atoms with Crippen LogP contribution in [0.4, 0.5) is 0 Å². The van der Waals surface area contributed by atoms with Crippen LogP contribution in [-0.4, -0.2) is 4.98 Å². The fraction of sp³-hybridized carbons (Fsp3) is 0. The average Bonchev–Trinajstić information content (AvgIpc) is 2.55. The van der Waals surface area contributed by atoms with Crippen molar-refractivity contribution < 1.29 is 4.74 Å². The summed E-state index contributed by atoms with van der Waals surface area (Å²) in [6.45, 7) is 0. The standard InChI is InChI=1S/C19H13NO/c1-2-7-16-13-17(11-9-14(16)5-1)21-19-12-10-15-6-3-4-8-18(15)20-19/h1-13H. The summed E-state index contributed by atoms with van der Waals surface area (Å²) < 4.78 is 5.88. The SMILES string of the molecule is c1ccc2cc(Oc3ccc4ccccc4n3)ccc2c1. The van der Waals surface area contributed by atoms with Crippen LogP contribution in [-0.2, 0) is 0 Å². The lowest BCUT2D eigenvalue weighted by Gasteiger charge is -2.07. The molecule has 4 aromatic rings. The highest BCUT2D eigenvalue weighted by Gasteiger charge is 2.02. The largest absolute Gasteiger partial charge is 0.439 e. The number of pyridine rings is 1. The summed E-state index contributed by atoms with van der Waals surface area (Å²) in [5, 5.41) is 3.48. The van der Waals surface area contributed by atoms with E-state index >= 15 is 0 Å². The molecule has 4 rings (SSSR count). The minimum absolute atomic E-state index is 0.615. The highest BCUT2D eigenvalue weighted by Crippen LogP contribution is 2.25. The number of para-hydroxylation sites is 1. The Labute approximate surface area is 122 Å². The lowest BCUT2D eigenvalue weighted by molar-refractivity contribution is 0.466. The second kappa shape index (κ2) is 4.91. The maximum atomic E-state index is 5.88. The smallest absolute Gasteiger partial charge is 0.219 e. The molecule has 0 fully saturated rings. The minimum Gasteiger partial charge on any atom is -0.439 e. The molecule has 0 spiro atoms. The molecular formula is C19H13NO. The third-order valence-corrected chi connectivity index (χ3v) is 3.52. The van der Waals surface area contributed by atoms with E-state index in [0.29, 0.717) is 5.88 Å².